The highest BCUT2D eigenvalue weighted by Gasteiger charge is 2.35. The summed E-state index contributed by atoms with van der Waals surface area (Å²) in [6.45, 7) is 0.899. The molecular formula is C22H26F3N5O6S2. The van der Waals surface area contributed by atoms with Crippen LogP contribution in [0.2, 0.25) is 0 Å². The number of alkyl halides is 3. The Labute approximate surface area is 217 Å². The summed E-state index contributed by atoms with van der Waals surface area (Å²) in [7, 11) is -5.81. The summed E-state index contributed by atoms with van der Waals surface area (Å²) in [6.07, 6.45) is -2.86. The zero-order chi connectivity index (χ0) is 27.7. The minimum absolute atomic E-state index is 0.00697. The predicted molar refractivity (Wildman–Crippen MR) is 135 cm³/mol. The van der Waals surface area contributed by atoms with Gasteiger partial charge >= 0.3 is 6.18 Å². The topological polar surface area (TPSA) is 143 Å². The first kappa shape index (κ1) is 27.9. The molecule has 1 fully saturated rings. The number of fused-ring (bicyclic) bond motifs is 1. The fourth-order valence-electron chi connectivity index (χ4n) is 3.94. The minimum atomic E-state index is -4.67. The van der Waals surface area contributed by atoms with Crippen molar-refractivity contribution in [3.8, 4) is 5.75 Å². The van der Waals surface area contributed by atoms with Crippen LogP contribution >= 0.6 is 0 Å². The molecule has 1 aliphatic heterocycles. The number of hydrogen-bond donors (Lipinski definition) is 3. The maximum Gasteiger partial charge on any atom is 0.418 e. The quantitative estimate of drug-likeness (QED) is 0.350. The Balaban J connectivity index is 1.68. The maximum atomic E-state index is 13.6. The molecule has 1 aromatic carbocycles. The number of sulfonamides is 1. The molecule has 2 aromatic heterocycles. The van der Waals surface area contributed by atoms with Crippen molar-refractivity contribution in [2.75, 3.05) is 62.6 Å². The third kappa shape index (κ3) is 6.14. The van der Waals surface area contributed by atoms with E-state index < -0.39 is 31.6 Å². The van der Waals surface area contributed by atoms with Crippen molar-refractivity contribution in [3.05, 3.63) is 36.0 Å². The summed E-state index contributed by atoms with van der Waals surface area (Å²) in [5.41, 5.74) is -0.719. The van der Waals surface area contributed by atoms with E-state index in [1.807, 2.05) is 0 Å². The molecule has 38 heavy (non-hydrogen) atoms. The van der Waals surface area contributed by atoms with E-state index in [1.165, 1.54) is 35.7 Å². The number of H-pyrrole nitrogens is 1. The Morgan fingerprint density at radius 2 is 1.84 bits per heavy atom. The van der Waals surface area contributed by atoms with E-state index in [0.717, 1.165) is 12.5 Å². The van der Waals surface area contributed by atoms with Gasteiger partial charge in [-0.2, -0.15) is 17.5 Å². The number of pyridine rings is 1. The van der Waals surface area contributed by atoms with Crippen LogP contribution in [0.25, 0.3) is 11.0 Å². The van der Waals surface area contributed by atoms with Gasteiger partial charge in [0.05, 0.1) is 47.6 Å². The molecule has 1 aliphatic rings. The van der Waals surface area contributed by atoms with Crippen LogP contribution in [0.3, 0.4) is 0 Å². The van der Waals surface area contributed by atoms with Crippen LogP contribution in [0.5, 0.6) is 5.75 Å². The van der Waals surface area contributed by atoms with Crippen LogP contribution < -0.4 is 15.4 Å². The summed E-state index contributed by atoms with van der Waals surface area (Å²) in [4.78, 5) is 6.73. The summed E-state index contributed by atoms with van der Waals surface area (Å²) in [5.74, 6) is -0.0228. The van der Waals surface area contributed by atoms with Gasteiger partial charge in [-0.05, 0) is 12.1 Å². The van der Waals surface area contributed by atoms with Gasteiger partial charge in [-0.3, -0.25) is 0 Å². The first-order valence-electron chi connectivity index (χ1n) is 11.3. The molecule has 0 saturated carbocycles. The monoisotopic (exact) mass is 577 g/mol. The van der Waals surface area contributed by atoms with Gasteiger partial charge in [0.15, 0.2) is 0 Å². The van der Waals surface area contributed by atoms with Crippen molar-refractivity contribution in [1.29, 1.82) is 0 Å². The fourth-order valence-corrected chi connectivity index (χ4v) is 5.84. The number of aromatic nitrogens is 2. The van der Waals surface area contributed by atoms with Crippen molar-refractivity contribution < 1.29 is 39.5 Å². The van der Waals surface area contributed by atoms with Crippen LogP contribution in [0.1, 0.15) is 5.56 Å². The Hall–Kier alpha value is -3.08. The third-order valence-corrected chi connectivity index (χ3v) is 8.62. The molecule has 3 aromatic rings. The number of nitrogens with zero attached hydrogens (tertiary/aromatic N) is 2. The van der Waals surface area contributed by atoms with Gasteiger partial charge < -0.3 is 25.1 Å². The number of morpholine rings is 1. The van der Waals surface area contributed by atoms with Gasteiger partial charge in [0, 0.05) is 49.9 Å². The Kier molecular flexibility index (Phi) is 7.79. The molecule has 0 spiro atoms. The maximum absolute atomic E-state index is 13.6. The molecule has 16 heteroatoms. The number of anilines is 3. The third-order valence-electron chi connectivity index (χ3n) is 5.78. The molecule has 3 heterocycles. The number of aromatic amines is 1. The van der Waals surface area contributed by atoms with Gasteiger partial charge in [-0.15, -0.1) is 0 Å². The van der Waals surface area contributed by atoms with E-state index >= 15 is 0 Å². The second kappa shape index (κ2) is 10.6. The second-order valence-corrected chi connectivity index (χ2v) is 12.7. The Morgan fingerprint density at radius 1 is 1.13 bits per heavy atom. The smallest absolute Gasteiger partial charge is 0.418 e. The highest BCUT2D eigenvalue weighted by Crippen LogP contribution is 2.39. The molecule has 208 valence electrons. The van der Waals surface area contributed by atoms with Crippen LogP contribution in [0.15, 0.2) is 35.4 Å². The molecule has 4 rings (SSSR count). The number of ether oxygens (including phenoxy) is 2. The lowest BCUT2D eigenvalue weighted by molar-refractivity contribution is -0.136. The summed E-state index contributed by atoms with van der Waals surface area (Å²) in [5, 5.41) is 5.46. The SMILES string of the molecule is COc1cc(S(=O)(=O)N2CCOCC2)ccc1Nc1cc(NCCS(C)(=O)=O)c2c(C(F)(F)F)c[nH]c2n1. The van der Waals surface area contributed by atoms with Crippen LogP contribution in [0.4, 0.5) is 30.4 Å². The lowest BCUT2D eigenvalue weighted by atomic mass is 10.1. The second-order valence-electron chi connectivity index (χ2n) is 8.54. The Bertz CT molecular complexity index is 1530. The number of nitrogens with one attached hydrogen (secondary N) is 3. The van der Waals surface area contributed by atoms with Crippen molar-refractivity contribution in [3.63, 3.8) is 0 Å². The van der Waals surface area contributed by atoms with Crippen LogP contribution in [-0.2, 0) is 30.8 Å². The van der Waals surface area contributed by atoms with Crippen molar-refractivity contribution in [2.45, 2.75) is 11.1 Å². The van der Waals surface area contributed by atoms with Gasteiger partial charge in [-0.25, -0.2) is 21.8 Å². The van der Waals surface area contributed by atoms with E-state index in [4.69, 9.17) is 9.47 Å². The lowest BCUT2D eigenvalue weighted by Gasteiger charge is -2.26. The standard InChI is InChI=1S/C22H26F3N5O6S2/c1-35-18-11-14(38(33,34)30-6-8-36-9-7-30)3-4-16(18)28-19-12-17(26-5-10-37(2,31)32)20-15(22(23,24)25)13-27-21(20)29-19/h3-4,11-13H,5-10H2,1-2H3,(H3,26,27,28,29). The van der Waals surface area contributed by atoms with Crippen LogP contribution in [0, 0.1) is 0 Å². The molecule has 0 amide bonds. The average molecular weight is 578 g/mol. The lowest BCUT2D eigenvalue weighted by Crippen LogP contribution is -2.40. The molecule has 0 aliphatic carbocycles. The van der Waals surface area contributed by atoms with Gasteiger partial charge in [0.25, 0.3) is 0 Å². The van der Waals surface area contributed by atoms with E-state index in [-0.39, 0.29) is 58.6 Å². The van der Waals surface area contributed by atoms with E-state index in [0.29, 0.717) is 18.9 Å². The van der Waals surface area contributed by atoms with E-state index in [9.17, 15) is 30.0 Å². The summed E-state index contributed by atoms with van der Waals surface area (Å²) < 4.78 is 102. The highest BCUT2D eigenvalue weighted by atomic mass is 32.2. The van der Waals surface area contributed by atoms with E-state index in [1.54, 1.807) is 0 Å². The molecule has 0 radical (unpaired) electrons. The number of benzene rings is 1. The van der Waals surface area contributed by atoms with Crippen molar-refractivity contribution >= 4 is 48.1 Å². The fraction of sp³-hybridized carbons (Fsp3) is 0.409. The first-order valence-corrected chi connectivity index (χ1v) is 14.8. The average Bonchev–Trinajstić information content (AvgIpc) is 3.29. The zero-order valence-corrected chi connectivity index (χ0v) is 22.1. The summed E-state index contributed by atoms with van der Waals surface area (Å²) >= 11 is 0. The first-order chi connectivity index (χ1) is 17.8. The van der Waals surface area contributed by atoms with E-state index in [2.05, 4.69) is 20.6 Å². The van der Waals surface area contributed by atoms with Gasteiger partial charge in [0.1, 0.15) is 27.1 Å². The summed E-state index contributed by atoms with van der Waals surface area (Å²) in [6, 6.07) is 5.50. The molecular weight excluding hydrogens is 551 g/mol. The minimum Gasteiger partial charge on any atom is -0.495 e. The van der Waals surface area contributed by atoms with Crippen molar-refractivity contribution in [1.82, 2.24) is 14.3 Å². The molecule has 1 saturated heterocycles. The number of halogens is 3. The zero-order valence-electron chi connectivity index (χ0n) is 20.4. The van der Waals surface area contributed by atoms with Crippen LogP contribution in [-0.4, -0.2) is 83.1 Å². The number of methoxy groups -OCH3 is 1. The highest BCUT2D eigenvalue weighted by molar-refractivity contribution is 7.90. The molecule has 0 atom stereocenters. The molecule has 0 unspecified atom stereocenters. The molecule has 3 N–H and O–H groups in total. The number of hydrogen-bond acceptors (Lipinski definition) is 9. The largest absolute Gasteiger partial charge is 0.495 e. The number of sulfone groups is 1. The van der Waals surface area contributed by atoms with Gasteiger partial charge in [0.2, 0.25) is 10.0 Å². The van der Waals surface area contributed by atoms with Gasteiger partial charge in [-0.1, -0.05) is 0 Å². The molecule has 11 nitrogen and oxygen atoms in total. The Morgan fingerprint density at radius 3 is 2.47 bits per heavy atom. The molecule has 0 bridgehead atoms. The normalized spacial score (nSPS) is 15.5. The number of rotatable bonds is 9. The van der Waals surface area contributed by atoms with Crippen molar-refractivity contribution in [2.24, 2.45) is 0 Å². The predicted octanol–water partition coefficient (Wildman–Crippen LogP) is 2.81.